The largest absolute Gasteiger partial charge is 0.326 e. The van der Waals surface area contributed by atoms with Gasteiger partial charge >= 0.3 is 0 Å². The molecule has 0 saturated carbocycles. The zero-order chi connectivity index (χ0) is 20.2. The molecule has 2 aromatic rings. The molecule has 6 heteroatoms. The summed E-state index contributed by atoms with van der Waals surface area (Å²) in [7, 11) is 0. The second-order valence-electron chi connectivity index (χ2n) is 7.89. The minimum atomic E-state index is -0.232. The summed E-state index contributed by atoms with van der Waals surface area (Å²) in [5, 5.41) is 3.01. The second-order valence-corrected chi connectivity index (χ2v) is 7.89. The van der Waals surface area contributed by atoms with Crippen molar-refractivity contribution < 1.29 is 14.0 Å². The van der Waals surface area contributed by atoms with Crippen LogP contribution in [0.1, 0.15) is 31.2 Å². The standard InChI is InChI=1S/C23H26FN3O2/c24-19-7-5-17(6-8-19)15-26-13-1-3-18(16-26)23(29)25-20-9-11-21(12-10-20)27-14-2-4-22(27)28/h5-12,18H,1-4,13-16H2,(H,25,29)/t18-/m0/s1. The van der Waals surface area contributed by atoms with Crippen molar-refractivity contribution in [1.82, 2.24) is 4.90 Å². The number of nitrogens with zero attached hydrogens (tertiary/aromatic N) is 2. The number of nitrogens with one attached hydrogen (secondary N) is 1. The summed E-state index contributed by atoms with van der Waals surface area (Å²) < 4.78 is 13.1. The molecule has 0 aromatic heterocycles. The summed E-state index contributed by atoms with van der Waals surface area (Å²) in [4.78, 5) is 28.7. The number of likely N-dealkylation sites (tertiary alicyclic amines) is 1. The number of rotatable bonds is 5. The van der Waals surface area contributed by atoms with Crippen molar-refractivity contribution in [2.24, 2.45) is 5.92 Å². The highest BCUT2D eigenvalue weighted by Crippen LogP contribution is 2.24. The lowest BCUT2D eigenvalue weighted by molar-refractivity contribution is -0.121. The van der Waals surface area contributed by atoms with Crippen molar-refractivity contribution >= 4 is 23.2 Å². The van der Waals surface area contributed by atoms with Gasteiger partial charge in [0.1, 0.15) is 5.82 Å². The molecular formula is C23H26FN3O2. The predicted molar refractivity (Wildman–Crippen MR) is 111 cm³/mol. The van der Waals surface area contributed by atoms with Gasteiger partial charge in [-0.3, -0.25) is 14.5 Å². The first-order valence-electron chi connectivity index (χ1n) is 10.3. The third-order valence-electron chi connectivity index (χ3n) is 5.72. The van der Waals surface area contributed by atoms with E-state index in [9.17, 15) is 14.0 Å². The number of carbonyl (C=O) groups is 2. The molecule has 29 heavy (non-hydrogen) atoms. The number of benzene rings is 2. The number of carbonyl (C=O) groups excluding carboxylic acids is 2. The topological polar surface area (TPSA) is 52.7 Å². The minimum Gasteiger partial charge on any atom is -0.326 e. The van der Waals surface area contributed by atoms with Crippen molar-refractivity contribution in [3.05, 3.63) is 59.9 Å². The van der Waals surface area contributed by atoms with Gasteiger partial charge in [-0.05, 0) is 67.8 Å². The summed E-state index contributed by atoms with van der Waals surface area (Å²) in [6, 6.07) is 14.0. The molecular weight excluding hydrogens is 369 g/mol. The monoisotopic (exact) mass is 395 g/mol. The zero-order valence-electron chi connectivity index (χ0n) is 16.4. The Bertz CT molecular complexity index is 867. The first-order valence-corrected chi connectivity index (χ1v) is 10.3. The summed E-state index contributed by atoms with van der Waals surface area (Å²) in [5.41, 5.74) is 2.69. The number of piperidine rings is 1. The lowest BCUT2D eigenvalue weighted by Gasteiger charge is -2.32. The van der Waals surface area contributed by atoms with Gasteiger partial charge < -0.3 is 10.2 Å². The van der Waals surface area contributed by atoms with E-state index in [-0.39, 0.29) is 23.5 Å². The van der Waals surface area contributed by atoms with Gasteiger partial charge in [0.05, 0.1) is 5.92 Å². The third-order valence-corrected chi connectivity index (χ3v) is 5.72. The van der Waals surface area contributed by atoms with Crippen molar-refractivity contribution in [1.29, 1.82) is 0 Å². The number of amides is 2. The molecule has 2 aromatic carbocycles. The predicted octanol–water partition coefficient (Wildman–Crippen LogP) is 3.80. The van der Waals surface area contributed by atoms with Crippen LogP contribution in [0.3, 0.4) is 0 Å². The van der Waals surface area contributed by atoms with Crippen molar-refractivity contribution in [3.63, 3.8) is 0 Å². The molecule has 152 valence electrons. The van der Waals surface area contributed by atoms with Crippen molar-refractivity contribution in [2.75, 3.05) is 29.9 Å². The molecule has 5 nitrogen and oxygen atoms in total. The molecule has 1 N–H and O–H groups in total. The highest BCUT2D eigenvalue weighted by molar-refractivity contribution is 5.96. The normalized spacial score (nSPS) is 20.1. The first kappa shape index (κ1) is 19.6. The lowest BCUT2D eigenvalue weighted by atomic mass is 9.96. The number of anilines is 2. The number of hydrogen-bond acceptors (Lipinski definition) is 3. The lowest BCUT2D eigenvalue weighted by Crippen LogP contribution is -2.40. The van der Waals surface area contributed by atoms with Crippen LogP contribution in [-0.4, -0.2) is 36.3 Å². The Morgan fingerprint density at radius 2 is 1.79 bits per heavy atom. The summed E-state index contributed by atoms with van der Waals surface area (Å²) >= 11 is 0. The van der Waals surface area contributed by atoms with Gasteiger partial charge in [-0.15, -0.1) is 0 Å². The van der Waals surface area contributed by atoms with E-state index in [1.807, 2.05) is 24.3 Å². The first-order chi connectivity index (χ1) is 14.1. The fourth-order valence-corrected chi connectivity index (χ4v) is 4.15. The zero-order valence-corrected chi connectivity index (χ0v) is 16.4. The molecule has 2 aliphatic heterocycles. The average molecular weight is 395 g/mol. The van der Waals surface area contributed by atoms with E-state index in [0.717, 1.165) is 55.8 Å². The van der Waals surface area contributed by atoms with E-state index >= 15 is 0 Å². The van der Waals surface area contributed by atoms with Gasteiger partial charge in [-0.2, -0.15) is 0 Å². The minimum absolute atomic E-state index is 0.0267. The highest BCUT2D eigenvalue weighted by atomic mass is 19.1. The van der Waals surface area contributed by atoms with E-state index in [1.54, 1.807) is 17.0 Å². The molecule has 1 atom stereocenters. The molecule has 2 amide bonds. The Labute approximate surface area is 170 Å². The molecule has 2 aliphatic rings. The van der Waals surface area contributed by atoms with Crippen LogP contribution in [0, 0.1) is 11.7 Å². The maximum Gasteiger partial charge on any atom is 0.228 e. The molecule has 0 bridgehead atoms. The molecule has 0 unspecified atom stereocenters. The molecule has 0 aliphatic carbocycles. The summed E-state index contributed by atoms with van der Waals surface area (Å²) in [5.74, 6) is -0.113. The van der Waals surface area contributed by atoms with Crippen LogP contribution in [0.4, 0.5) is 15.8 Å². The average Bonchev–Trinajstić information content (AvgIpc) is 3.16. The van der Waals surface area contributed by atoms with E-state index in [2.05, 4.69) is 10.2 Å². The molecule has 2 heterocycles. The van der Waals surface area contributed by atoms with Gasteiger partial charge in [0.2, 0.25) is 11.8 Å². The van der Waals surface area contributed by atoms with Crippen LogP contribution >= 0.6 is 0 Å². The van der Waals surface area contributed by atoms with Crippen LogP contribution in [0.5, 0.6) is 0 Å². The molecule has 2 fully saturated rings. The SMILES string of the molecule is O=C(Nc1ccc(N2CCCC2=O)cc1)[C@H]1CCCN(Cc2ccc(F)cc2)C1. The van der Waals surface area contributed by atoms with Crippen LogP contribution in [-0.2, 0) is 16.1 Å². The third kappa shape index (κ3) is 4.82. The van der Waals surface area contributed by atoms with E-state index in [4.69, 9.17) is 0 Å². The second kappa shape index (κ2) is 8.74. The maximum atomic E-state index is 13.1. The fourth-order valence-electron chi connectivity index (χ4n) is 4.15. The molecule has 0 radical (unpaired) electrons. The van der Waals surface area contributed by atoms with Crippen LogP contribution in [0.15, 0.2) is 48.5 Å². The van der Waals surface area contributed by atoms with Crippen LogP contribution in [0.2, 0.25) is 0 Å². The molecule has 0 spiro atoms. The van der Waals surface area contributed by atoms with Gasteiger partial charge in [0.25, 0.3) is 0 Å². The van der Waals surface area contributed by atoms with Gasteiger partial charge in [0.15, 0.2) is 0 Å². The molecule has 2 saturated heterocycles. The van der Waals surface area contributed by atoms with Crippen LogP contribution < -0.4 is 10.2 Å². The van der Waals surface area contributed by atoms with Gasteiger partial charge in [-0.1, -0.05) is 12.1 Å². The van der Waals surface area contributed by atoms with Crippen molar-refractivity contribution in [3.8, 4) is 0 Å². The van der Waals surface area contributed by atoms with Crippen molar-refractivity contribution in [2.45, 2.75) is 32.2 Å². The Morgan fingerprint density at radius 1 is 1.03 bits per heavy atom. The Balaban J connectivity index is 1.33. The maximum absolute atomic E-state index is 13.1. The molecule has 4 rings (SSSR count). The summed E-state index contributed by atoms with van der Waals surface area (Å²) in [6.45, 7) is 3.13. The Kier molecular flexibility index (Phi) is 5.90. The van der Waals surface area contributed by atoms with E-state index in [0.29, 0.717) is 13.0 Å². The Morgan fingerprint density at radius 3 is 2.48 bits per heavy atom. The smallest absolute Gasteiger partial charge is 0.228 e. The summed E-state index contributed by atoms with van der Waals surface area (Å²) in [6.07, 6.45) is 3.34. The van der Waals surface area contributed by atoms with Crippen LogP contribution in [0.25, 0.3) is 0 Å². The quantitative estimate of drug-likeness (QED) is 0.838. The fraction of sp³-hybridized carbons (Fsp3) is 0.391. The highest BCUT2D eigenvalue weighted by Gasteiger charge is 2.26. The van der Waals surface area contributed by atoms with E-state index in [1.165, 1.54) is 12.1 Å². The van der Waals surface area contributed by atoms with E-state index < -0.39 is 0 Å². The number of hydrogen-bond donors (Lipinski definition) is 1. The van der Waals surface area contributed by atoms with Gasteiger partial charge in [0, 0.05) is 37.4 Å². The van der Waals surface area contributed by atoms with Gasteiger partial charge in [-0.25, -0.2) is 4.39 Å². The number of halogens is 1. The Hall–Kier alpha value is -2.73.